The lowest BCUT2D eigenvalue weighted by Crippen LogP contribution is -2.36. The number of benzene rings is 2. The zero-order valence-electron chi connectivity index (χ0n) is 23.3. The molecule has 0 bridgehead atoms. The molecule has 210 valence electrons. The molecule has 0 spiro atoms. The molecule has 1 aliphatic carbocycles. The third-order valence-electron chi connectivity index (χ3n) is 7.67. The number of fused-ring (bicyclic) bond motifs is 1. The second-order valence-electron chi connectivity index (χ2n) is 10.6. The molecule has 5 rings (SSSR count). The Balaban J connectivity index is 1.37. The minimum absolute atomic E-state index is 0.0115. The van der Waals surface area contributed by atoms with E-state index in [9.17, 15) is 8.42 Å². The van der Waals surface area contributed by atoms with E-state index in [0.29, 0.717) is 23.7 Å². The third-order valence-corrected chi connectivity index (χ3v) is 9.52. The molecule has 1 aliphatic rings. The summed E-state index contributed by atoms with van der Waals surface area (Å²) < 4.78 is 28.3. The summed E-state index contributed by atoms with van der Waals surface area (Å²) in [5.41, 5.74) is 4.67. The van der Waals surface area contributed by atoms with Crippen LogP contribution in [0, 0.1) is 6.92 Å². The Morgan fingerprint density at radius 2 is 1.77 bits per heavy atom. The maximum Gasteiger partial charge on any atom is 0.264 e. The van der Waals surface area contributed by atoms with E-state index in [4.69, 9.17) is 16.6 Å². The van der Waals surface area contributed by atoms with Crippen LogP contribution in [-0.2, 0) is 16.4 Å². The van der Waals surface area contributed by atoms with Gasteiger partial charge in [-0.25, -0.2) is 23.4 Å². The molecule has 0 aliphatic heterocycles. The van der Waals surface area contributed by atoms with Crippen molar-refractivity contribution in [3.63, 3.8) is 0 Å². The highest BCUT2D eigenvalue weighted by Gasteiger charge is 2.23. The summed E-state index contributed by atoms with van der Waals surface area (Å²) in [7, 11) is 0.439. The Hall–Kier alpha value is -3.27. The molecule has 2 aromatic heterocycles. The zero-order chi connectivity index (χ0) is 28.4. The Bertz CT molecular complexity index is 1640. The van der Waals surface area contributed by atoms with Crippen LogP contribution in [-0.4, -0.2) is 54.4 Å². The van der Waals surface area contributed by atoms with E-state index >= 15 is 0 Å². The molecule has 1 saturated carbocycles. The highest BCUT2D eigenvalue weighted by atomic mass is 35.5. The summed E-state index contributed by atoms with van der Waals surface area (Å²) in [5, 5.41) is 4.68. The second-order valence-corrected chi connectivity index (χ2v) is 12.7. The molecule has 0 atom stereocenters. The number of pyridine rings is 1. The van der Waals surface area contributed by atoms with Crippen LogP contribution in [0.1, 0.15) is 43.9 Å². The molecule has 0 saturated heterocycles. The SMILES string of the molecule is CCc1cc(-c2ccc(NS(=O)(=O)c3ccccc3Cl)nc2C)cc2cnc(NC3CCC(N(C)C)CC3)nc12. The van der Waals surface area contributed by atoms with E-state index in [1.807, 2.05) is 19.2 Å². The number of nitrogens with zero attached hydrogens (tertiary/aromatic N) is 4. The summed E-state index contributed by atoms with van der Waals surface area (Å²) in [6.07, 6.45) is 7.27. The summed E-state index contributed by atoms with van der Waals surface area (Å²) in [5.74, 6) is 0.910. The topological polar surface area (TPSA) is 100 Å². The quantitative estimate of drug-likeness (QED) is 0.253. The molecule has 40 heavy (non-hydrogen) atoms. The molecule has 0 radical (unpaired) electrons. The third kappa shape index (κ3) is 6.06. The smallest absolute Gasteiger partial charge is 0.264 e. The summed E-state index contributed by atoms with van der Waals surface area (Å²) >= 11 is 6.11. The number of nitrogens with one attached hydrogen (secondary N) is 2. The number of anilines is 2. The monoisotopic (exact) mass is 578 g/mol. The van der Waals surface area contributed by atoms with Crippen LogP contribution in [0.25, 0.3) is 22.0 Å². The minimum Gasteiger partial charge on any atom is -0.351 e. The van der Waals surface area contributed by atoms with Gasteiger partial charge in [0.1, 0.15) is 10.7 Å². The van der Waals surface area contributed by atoms with Crippen LogP contribution in [0.3, 0.4) is 0 Å². The average Bonchev–Trinajstić information content (AvgIpc) is 2.93. The Labute approximate surface area is 241 Å². The van der Waals surface area contributed by atoms with Gasteiger partial charge in [-0.05, 0) is 101 Å². The van der Waals surface area contributed by atoms with Crippen molar-refractivity contribution in [1.82, 2.24) is 19.9 Å². The van der Waals surface area contributed by atoms with Gasteiger partial charge in [0.25, 0.3) is 10.0 Å². The number of hydrogen-bond donors (Lipinski definition) is 2. The van der Waals surface area contributed by atoms with Crippen LogP contribution >= 0.6 is 11.6 Å². The first kappa shape index (κ1) is 28.3. The van der Waals surface area contributed by atoms with Gasteiger partial charge in [0.15, 0.2) is 0 Å². The van der Waals surface area contributed by atoms with Crippen LogP contribution < -0.4 is 10.0 Å². The summed E-state index contributed by atoms with van der Waals surface area (Å²) in [4.78, 5) is 16.4. The van der Waals surface area contributed by atoms with Crippen molar-refractivity contribution in [3.8, 4) is 11.1 Å². The van der Waals surface area contributed by atoms with Crippen molar-refractivity contribution in [2.75, 3.05) is 24.1 Å². The van der Waals surface area contributed by atoms with E-state index in [1.54, 1.807) is 24.3 Å². The van der Waals surface area contributed by atoms with Gasteiger partial charge in [-0.15, -0.1) is 0 Å². The fraction of sp³-hybridized carbons (Fsp3) is 0.367. The predicted molar refractivity (Wildman–Crippen MR) is 162 cm³/mol. The van der Waals surface area contributed by atoms with Crippen molar-refractivity contribution < 1.29 is 8.42 Å². The highest BCUT2D eigenvalue weighted by Crippen LogP contribution is 2.31. The Kier molecular flexibility index (Phi) is 8.26. The fourth-order valence-electron chi connectivity index (χ4n) is 5.41. The van der Waals surface area contributed by atoms with E-state index in [-0.39, 0.29) is 15.7 Å². The number of rotatable bonds is 8. The average molecular weight is 579 g/mol. The highest BCUT2D eigenvalue weighted by molar-refractivity contribution is 7.92. The van der Waals surface area contributed by atoms with Gasteiger partial charge in [-0.2, -0.15) is 0 Å². The van der Waals surface area contributed by atoms with Crippen molar-refractivity contribution in [2.45, 2.75) is 62.9 Å². The number of aryl methyl sites for hydroxylation is 2. The van der Waals surface area contributed by atoms with Gasteiger partial charge < -0.3 is 10.2 Å². The molecule has 4 aromatic rings. The summed E-state index contributed by atoms with van der Waals surface area (Å²) in [6, 6.07) is 15.1. The lowest BCUT2D eigenvalue weighted by molar-refractivity contribution is 0.221. The molecule has 0 unspecified atom stereocenters. The number of aromatic nitrogens is 3. The Morgan fingerprint density at radius 1 is 1.02 bits per heavy atom. The van der Waals surface area contributed by atoms with Crippen LogP contribution in [0.15, 0.2) is 59.6 Å². The van der Waals surface area contributed by atoms with E-state index in [0.717, 1.165) is 46.9 Å². The predicted octanol–water partition coefficient (Wildman–Crippen LogP) is 6.30. The lowest BCUT2D eigenvalue weighted by atomic mass is 9.90. The summed E-state index contributed by atoms with van der Waals surface area (Å²) in [6.45, 7) is 3.99. The normalized spacial score (nSPS) is 17.8. The molecule has 8 nitrogen and oxygen atoms in total. The second kappa shape index (κ2) is 11.7. The van der Waals surface area contributed by atoms with Crippen LogP contribution in [0.5, 0.6) is 0 Å². The number of halogens is 1. The molecule has 2 aromatic carbocycles. The van der Waals surface area contributed by atoms with Gasteiger partial charge >= 0.3 is 0 Å². The van der Waals surface area contributed by atoms with Crippen molar-refractivity contribution in [3.05, 3.63) is 71.0 Å². The first-order valence-corrected chi connectivity index (χ1v) is 15.5. The zero-order valence-corrected chi connectivity index (χ0v) is 24.9. The van der Waals surface area contributed by atoms with Crippen LogP contribution in [0.4, 0.5) is 11.8 Å². The van der Waals surface area contributed by atoms with Crippen molar-refractivity contribution >= 4 is 44.3 Å². The molecular formula is C30H35ClN6O2S. The van der Waals surface area contributed by atoms with E-state index < -0.39 is 10.0 Å². The first-order chi connectivity index (χ1) is 19.1. The van der Waals surface area contributed by atoms with E-state index in [2.05, 4.69) is 58.1 Å². The largest absolute Gasteiger partial charge is 0.351 e. The van der Waals surface area contributed by atoms with Crippen molar-refractivity contribution in [2.24, 2.45) is 0 Å². The number of sulfonamides is 1. The lowest BCUT2D eigenvalue weighted by Gasteiger charge is -2.33. The molecule has 0 amide bonds. The molecule has 2 heterocycles. The number of hydrogen-bond acceptors (Lipinski definition) is 7. The fourth-order valence-corrected chi connectivity index (χ4v) is 6.93. The molecular weight excluding hydrogens is 544 g/mol. The maximum absolute atomic E-state index is 12.9. The van der Waals surface area contributed by atoms with E-state index in [1.165, 1.54) is 18.9 Å². The maximum atomic E-state index is 12.9. The van der Waals surface area contributed by atoms with Crippen molar-refractivity contribution in [1.29, 1.82) is 0 Å². The minimum atomic E-state index is -3.87. The Morgan fingerprint density at radius 3 is 2.45 bits per heavy atom. The van der Waals surface area contributed by atoms with Gasteiger partial charge in [-0.3, -0.25) is 4.72 Å². The molecule has 1 fully saturated rings. The van der Waals surface area contributed by atoms with Gasteiger partial charge in [0.05, 0.1) is 10.5 Å². The molecule has 2 N–H and O–H groups in total. The van der Waals surface area contributed by atoms with Gasteiger partial charge in [0, 0.05) is 34.9 Å². The molecule has 10 heteroatoms. The van der Waals surface area contributed by atoms with Gasteiger partial charge in [0.2, 0.25) is 5.95 Å². The van der Waals surface area contributed by atoms with Gasteiger partial charge in [-0.1, -0.05) is 30.7 Å². The standard InChI is InChI=1S/C30H35ClN6O2S/c1-5-20-16-21(17-22-18-32-30(35-29(20)22)34-23-10-12-24(13-11-23)37(3)4)25-14-15-28(33-19(25)2)36-40(38,39)27-9-7-6-8-26(27)31/h6-9,14-18,23-24H,5,10-13H2,1-4H3,(H,33,36)(H,32,34,35). The first-order valence-electron chi connectivity index (χ1n) is 13.6. The van der Waals surface area contributed by atoms with Crippen LogP contribution in [0.2, 0.25) is 5.02 Å².